The molecule has 0 atom stereocenters. The summed E-state index contributed by atoms with van der Waals surface area (Å²) in [6, 6.07) is 6.99. The van der Waals surface area contributed by atoms with Crippen molar-refractivity contribution in [2.24, 2.45) is 5.10 Å². The molecule has 0 bridgehead atoms. The molecule has 5 nitrogen and oxygen atoms in total. The molecule has 0 aliphatic carbocycles. The Morgan fingerprint density at radius 3 is 2.67 bits per heavy atom. The SMILES string of the molecule is CC(=O)CC(=O)OCC=NNc1ccc(Cl)cc1. The number of ether oxygens (including phenoxy) is 1. The number of Topliss-reactive ketones (excluding diaryl/α,β-unsaturated/α-hetero) is 1. The normalized spacial score (nSPS) is 10.3. The number of nitrogens with zero attached hydrogens (tertiary/aromatic N) is 1. The second-order valence-corrected chi connectivity index (χ2v) is 3.93. The Morgan fingerprint density at radius 1 is 1.39 bits per heavy atom. The number of ketones is 1. The molecule has 0 saturated heterocycles. The summed E-state index contributed by atoms with van der Waals surface area (Å²) < 4.78 is 4.74. The Kier molecular flexibility index (Phi) is 5.87. The molecule has 18 heavy (non-hydrogen) atoms. The molecule has 1 aromatic rings. The molecule has 1 aromatic carbocycles. The maximum atomic E-state index is 11.0. The summed E-state index contributed by atoms with van der Waals surface area (Å²) >= 11 is 5.72. The fourth-order valence-electron chi connectivity index (χ4n) is 1.07. The molecule has 96 valence electrons. The predicted octanol–water partition coefficient (Wildman–Crippen LogP) is 2.26. The average Bonchev–Trinajstić information content (AvgIpc) is 2.30. The van der Waals surface area contributed by atoms with Gasteiger partial charge in [0.2, 0.25) is 0 Å². The van der Waals surface area contributed by atoms with Gasteiger partial charge in [-0.1, -0.05) is 11.6 Å². The lowest BCUT2D eigenvalue weighted by Crippen LogP contribution is -2.10. The van der Waals surface area contributed by atoms with E-state index in [1.807, 2.05) is 0 Å². The van der Waals surface area contributed by atoms with E-state index in [1.165, 1.54) is 13.1 Å². The van der Waals surface area contributed by atoms with Gasteiger partial charge >= 0.3 is 5.97 Å². The minimum atomic E-state index is -0.555. The Morgan fingerprint density at radius 2 is 2.06 bits per heavy atom. The van der Waals surface area contributed by atoms with Gasteiger partial charge in [-0.3, -0.25) is 15.0 Å². The highest BCUT2D eigenvalue weighted by molar-refractivity contribution is 6.30. The summed E-state index contributed by atoms with van der Waals surface area (Å²) in [5, 5.41) is 4.48. The van der Waals surface area contributed by atoms with Crippen LogP contribution in [0.15, 0.2) is 29.4 Å². The van der Waals surface area contributed by atoms with E-state index in [0.29, 0.717) is 5.02 Å². The summed E-state index contributed by atoms with van der Waals surface area (Å²) in [7, 11) is 0. The van der Waals surface area contributed by atoms with Gasteiger partial charge in [-0.2, -0.15) is 5.10 Å². The van der Waals surface area contributed by atoms with Crippen LogP contribution in [0, 0.1) is 0 Å². The summed E-state index contributed by atoms with van der Waals surface area (Å²) in [4.78, 5) is 21.6. The van der Waals surface area contributed by atoms with Crippen LogP contribution in [0.2, 0.25) is 5.02 Å². The first-order valence-corrected chi connectivity index (χ1v) is 5.64. The Balaban J connectivity index is 2.23. The predicted molar refractivity (Wildman–Crippen MR) is 69.8 cm³/mol. The van der Waals surface area contributed by atoms with Crippen molar-refractivity contribution < 1.29 is 14.3 Å². The van der Waals surface area contributed by atoms with Crippen molar-refractivity contribution in [3.8, 4) is 0 Å². The van der Waals surface area contributed by atoms with Gasteiger partial charge in [0.15, 0.2) is 0 Å². The number of nitrogens with one attached hydrogen (secondary N) is 1. The lowest BCUT2D eigenvalue weighted by molar-refractivity contribution is -0.144. The van der Waals surface area contributed by atoms with Gasteiger partial charge in [-0.15, -0.1) is 0 Å². The number of halogens is 1. The smallest absolute Gasteiger partial charge is 0.313 e. The molecule has 0 aliphatic heterocycles. The summed E-state index contributed by atoms with van der Waals surface area (Å²) in [5.74, 6) is -0.781. The first-order valence-electron chi connectivity index (χ1n) is 5.26. The molecule has 0 unspecified atom stereocenters. The summed E-state index contributed by atoms with van der Waals surface area (Å²) in [6.45, 7) is 1.35. The van der Waals surface area contributed by atoms with Crippen LogP contribution in [0.4, 0.5) is 5.69 Å². The standard InChI is InChI=1S/C12H13ClN2O3/c1-9(16)8-12(17)18-7-6-14-15-11-4-2-10(13)3-5-11/h2-6,15H,7-8H2,1H3. The Bertz CT molecular complexity index is 443. The number of carbonyl (C=O) groups excluding carboxylic acids is 2. The number of hydrazone groups is 1. The van der Waals surface area contributed by atoms with E-state index in [0.717, 1.165) is 5.69 Å². The van der Waals surface area contributed by atoms with Crippen molar-refractivity contribution in [3.63, 3.8) is 0 Å². The number of esters is 1. The maximum Gasteiger partial charge on any atom is 0.313 e. The van der Waals surface area contributed by atoms with Crippen molar-refractivity contribution in [3.05, 3.63) is 29.3 Å². The zero-order valence-corrected chi connectivity index (χ0v) is 10.6. The molecule has 0 aromatic heterocycles. The molecule has 0 spiro atoms. The molecular weight excluding hydrogens is 256 g/mol. The minimum absolute atomic E-state index is 0.0205. The zero-order chi connectivity index (χ0) is 13.4. The lowest BCUT2D eigenvalue weighted by atomic mass is 10.3. The molecule has 0 saturated carbocycles. The molecule has 0 radical (unpaired) electrons. The largest absolute Gasteiger partial charge is 0.459 e. The van der Waals surface area contributed by atoms with Gasteiger partial charge in [0.05, 0.1) is 11.9 Å². The van der Waals surface area contributed by atoms with E-state index in [-0.39, 0.29) is 18.8 Å². The average molecular weight is 269 g/mol. The number of anilines is 1. The van der Waals surface area contributed by atoms with Gasteiger partial charge in [0.1, 0.15) is 18.8 Å². The molecule has 1 N–H and O–H groups in total. The molecule has 0 amide bonds. The van der Waals surface area contributed by atoms with Crippen molar-refractivity contribution in [2.75, 3.05) is 12.0 Å². The van der Waals surface area contributed by atoms with Crippen molar-refractivity contribution in [1.82, 2.24) is 0 Å². The molecular formula is C12H13ClN2O3. The second-order valence-electron chi connectivity index (χ2n) is 3.49. The minimum Gasteiger partial charge on any atom is -0.459 e. The lowest BCUT2D eigenvalue weighted by Gasteiger charge is -2.00. The van der Waals surface area contributed by atoms with E-state index < -0.39 is 5.97 Å². The van der Waals surface area contributed by atoms with Crippen LogP contribution in [0.3, 0.4) is 0 Å². The van der Waals surface area contributed by atoms with Gasteiger partial charge in [0, 0.05) is 5.02 Å². The molecule has 1 rings (SSSR count). The van der Waals surface area contributed by atoms with Gasteiger partial charge in [0.25, 0.3) is 0 Å². The van der Waals surface area contributed by atoms with Crippen molar-refractivity contribution in [1.29, 1.82) is 0 Å². The van der Waals surface area contributed by atoms with E-state index in [4.69, 9.17) is 16.3 Å². The van der Waals surface area contributed by atoms with Crippen LogP contribution in [0.1, 0.15) is 13.3 Å². The van der Waals surface area contributed by atoms with Crippen molar-refractivity contribution >= 4 is 35.3 Å². The number of carbonyl (C=O) groups is 2. The number of benzene rings is 1. The van der Waals surface area contributed by atoms with Gasteiger partial charge in [-0.05, 0) is 31.2 Å². The number of hydrogen-bond donors (Lipinski definition) is 1. The van der Waals surface area contributed by atoms with Crippen LogP contribution in [-0.2, 0) is 14.3 Å². The monoisotopic (exact) mass is 268 g/mol. The Hall–Kier alpha value is -1.88. The molecule has 0 fully saturated rings. The van der Waals surface area contributed by atoms with Gasteiger partial charge < -0.3 is 4.74 Å². The van der Waals surface area contributed by atoms with Crippen LogP contribution in [0.5, 0.6) is 0 Å². The first kappa shape index (κ1) is 14.2. The van der Waals surface area contributed by atoms with Crippen LogP contribution < -0.4 is 5.43 Å². The maximum absolute atomic E-state index is 11.0. The quantitative estimate of drug-likeness (QED) is 0.372. The highest BCUT2D eigenvalue weighted by Gasteiger charge is 2.04. The highest BCUT2D eigenvalue weighted by atomic mass is 35.5. The first-order chi connectivity index (χ1) is 8.58. The van der Waals surface area contributed by atoms with Crippen LogP contribution in [0.25, 0.3) is 0 Å². The zero-order valence-electron chi connectivity index (χ0n) is 9.85. The van der Waals surface area contributed by atoms with Crippen molar-refractivity contribution in [2.45, 2.75) is 13.3 Å². The fourth-order valence-corrected chi connectivity index (χ4v) is 1.19. The highest BCUT2D eigenvalue weighted by Crippen LogP contribution is 2.12. The van der Waals surface area contributed by atoms with Crippen LogP contribution in [-0.4, -0.2) is 24.6 Å². The molecule has 6 heteroatoms. The third-order valence-electron chi connectivity index (χ3n) is 1.84. The topological polar surface area (TPSA) is 67.8 Å². The van der Waals surface area contributed by atoms with Crippen LogP contribution >= 0.6 is 11.6 Å². The van der Waals surface area contributed by atoms with E-state index in [9.17, 15) is 9.59 Å². The van der Waals surface area contributed by atoms with E-state index in [1.54, 1.807) is 24.3 Å². The third kappa shape index (κ3) is 6.00. The number of rotatable bonds is 6. The summed E-state index contributed by atoms with van der Waals surface area (Å²) in [6.07, 6.45) is 1.19. The van der Waals surface area contributed by atoms with E-state index >= 15 is 0 Å². The molecule has 0 aliphatic rings. The molecule has 0 heterocycles. The van der Waals surface area contributed by atoms with E-state index in [2.05, 4.69) is 10.5 Å². The second kappa shape index (κ2) is 7.45. The fraction of sp³-hybridized carbons (Fsp3) is 0.250. The third-order valence-corrected chi connectivity index (χ3v) is 2.09. The Labute approximate surface area is 110 Å². The number of hydrogen-bond acceptors (Lipinski definition) is 5. The summed E-state index contributed by atoms with van der Waals surface area (Å²) in [5.41, 5.74) is 3.51. The van der Waals surface area contributed by atoms with Gasteiger partial charge in [-0.25, -0.2) is 0 Å².